The van der Waals surface area contributed by atoms with Crippen molar-refractivity contribution in [3.63, 3.8) is 0 Å². The van der Waals surface area contributed by atoms with Gasteiger partial charge in [-0.05, 0) is 70.7 Å². The molecule has 0 unspecified atom stereocenters. The number of aromatic hydroxyl groups is 1. The number of carbonyl (C=O) groups is 1. The monoisotopic (exact) mass is 388 g/mol. The van der Waals surface area contributed by atoms with Crippen molar-refractivity contribution in [2.24, 2.45) is 0 Å². The van der Waals surface area contributed by atoms with Crippen LogP contribution >= 0.6 is 11.3 Å². The van der Waals surface area contributed by atoms with Crippen molar-refractivity contribution in [1.29, 1.82) is 0 Å². The largest absolute Gasteiger partial charge is 0.507 e. The molecule has 6 heteroatoms. The molecule has 0 radical (unpaired) electrons. The Morgan fingerprint density at radius 2 is 1.81 bits per heavy atom. The van der Waals surface area contributed by atoms with Gasteiger partial charge in [-0.1, -0.05) is 0 Å². The van der Waals surface area contributed by atoms with Crippen LogP contribution in [0.25, 0.3) is 11.3 Å². The summed E-state index contributed by atoms with van der Waals surface area (Å²) in [4.78, 5) is 18.8. The van der Waals surface area contributed by atoms with Crippen LogP contribution in [0.2, 0.25) is 0 Å². The van der Waals surface area contributed by atoms with Gasteiger partial charge < -0.3 is 14.7 Å². The van der Waals surface area contributed by atoms with Gasteiger partial charge in [0.2, 0.25) is 0 Å². The highest BCUT2D eigenvalue weighted by molar-refractivity contribution is 7.10. The number of ether oxygens (including phenoxy) is 1. The minimum Gasteiger partial charge on any atom is -0.507 e. The van der Waals surface area contributed by atoms with Crippen LogP contribution in [0.15, 0.2) is 17.5 Å². The first kappa shape index (κ1) is 19.7. The molecule has 1 fully saturated rings. The van der Waals surface area contributed by atoms with Crippen molar-refractivity contribution in [1.82, 2.24) is 9.88 Å². The number of piperidine rings is 1. The molecule has 1 aromatic carbocycles. The lowest BCUT2D eigenvalue weighted by Gasteiger charge is -2.32. The lowest BCUT2D eigenvalue weighted by atomic mass is 9.97. The summed E-state index contributed by atoms with van der Waals surface area (Å²) in [7, 11) is 0. The summed E-state index contributed by atoms with van der Waals surface area (Å²) in [6.45, 7) is 10.9. The van der Waals surface area contributed by atoms with Gasteiger partial charge in [-0.2, -0.15) is 0 Å². The summed E-state index contributed by atoms with van der Waals surface area (Å²) < 4.78 is 5.47. The van der Waals surface area contributed by atoms with Crippen LogP contribution in [0.3, 0.4) is 0 Å². The highest BCUT2D eigenvalue weighted by Crippen LogP contribution is 2.35. The van der Waals surface area contributed by atoms with Crippen LogP contribution < -0.4 is 0 Å². The first-order valence-corrected chi connectivity index (χ1v) is 10.3. The maximum atomic E-state index is 12.2. The second kappa shape index (κ2) is 7.50. The number of carbonyl (C=O) groups excluding carboxylic acids is 1. The summed E-state index contributed by atoms with van der Waals surface area (Å²) in [5, 5.41) is 13.2. The molecule has 1 aliphatic heterocycles. The second-order valence-electron chi connectivity index (χ2n) is 8.27. The Labute approximate surface area is 165 Å². The first-order valence-electron chi connectivity index (χ1n) is 9.38. The van der Waals surface area contributed by atoms with Gasteiger partial charge >= 0.3 is 6.09 Å². The van der Waals surface area contributed by atoms with Crippen molar-refractivity contribution in [3.05, 3.63) is 33.6 Å². The molecule has 3 rings (SSSR count). The summed E-state index contributed by atoms with van der Waals surface area (Å²) in [5.74, 6) is 0.727. The van der Waals surface area contributed by atoms with Crippen LogP contribution in [0.5, 0.6) is 5.75 Å². The Morgan fingerprint density at radius 1 is 1.22 bits per heavy atom. The van der Waals surface area contributed by atoms with Crippen molar-refractivity contribution in [3.8, 4) is 17.0 Å². The minimum atomic E-state index is -0.460. The third-order valence-corrected chi connectivity index (χ3v) is 5.81. The molecule has 1 amide bonds. The molecule has 0 bridgehead atoms. The van der Waals surface area contributed by atoms with E-state index in [1.807, 2.05) is 46.8 Å². The molecule has 146 valence electrons. The summed E-state index contributed by atoms with van der Waals surface area (Å²) in [5.41, 5.74) is 3.26. The van der Waals surface area contributed by atoms with Gasteiger partial charge in [-0.15, -0.1) is 11.3 Å². The standard InChI is InChI=1S/C21H28N2O3S/c1-13-10-16(11-14(2)18(13)24)17-12-27-19(22-17)15-6-8-23(9-7-15)20(25)26-21(3,4)5/h10-12,15,24H,6-9H2,1-5H3. The predicted octanol–water partition coefficient (Wildman–Crippen LogP) is 5.25. The number of likely N-dealkylation sites (tertiary alicyclic amines) is 1. The van der Waals surface area contributed by atoms with Crippen LogP contribution in [0.1, 0.15) is 55.7 Å². The summed E-state index contributed by atoms with van der Waals surface area (Å²) in [6.07, 6.45) is 1.58. The van der Waals surface area contributed by atoms with Gasteiger partial charge in [0, 0.05) is 30.0 Å². The maximum absolute atomic E-state index is 12.2. The van der Waals surface area contributed by atoms with Crippen LogP contribution in [0, 0.1) is 13.8 Å². The van der Waals surface area contributed by atoms with Gasteiger partial charge in [0.15, 0.2) is 0 Å². The molecule has 0 spiro atoms. The van der Waals surface area contributed by atoms with E-state index in [1.54, 1.807) is 16.2 Å². The number of rotatable bonds is 2. The Kier molecular flexibility index (Phi) is 5.47. The van der Waals surface area contributed by atoms with Gasteiger partial charge in [-0.25, -0.2) is 9.78 Å². The lowest BCUT2D eigenvalue weighted by molar-refractivity contribution is 0.0205. The van der Waals surface area contributed by atoms with Crippen molar-refractivity contribution >= 4 is 17.4 Å². The number of aryl methyl sites for hydroxylation is 2. The molecule has 0 saturated carbocycles. The van der Waals surface area contributed by atoms with E-state index in [1.165, 1.54) is 0 Å². The smallest absolute Gasteiger partial charge is 0.410 e. The zero-order chi connectivity index (χ0) is 19.8. The maximum Gasteiger partial charge on any atom is 0.410 e. The molecule has 5 nitrogen and oxygen atoms in total. The number of amides is 1. The lowest BCUT2D eigenvalue weighted by Crippen LogP contribution is -2.41. The van der Waals surface area contributed by atoms with E-state index in [0.29, 0.717) is 24.8 Å². The molecule has 1 aromatic heterocycles. The second-order valence-corrected chi connectivity index (χ2v) is 9.16. The van der Waals surface area contributed by atoms with E-state index < -0.39 is 5.60 Å². The van der Waals surface area contributed by atoms with E-state index in [2.05, 4.69) is 5.38 Å². The molecular weight excluding hydrogens is 360 g/mol. The average molecular weight is 389 g/mol. The van der Waals surface area contributed by atoms with Gasteiger partial charge in [0.25, 0.3) is 0 Å². The van der Waals surface area contributed by atoms with Gasteiger partial charge in [0.1, 0.15) is 11.4 Å². The molecule has 27 heavy (non-hydrogen) atoms. The van der Waals surface area contributed by atoms with E-state index in [0.717, 1.165) is 40.2 Å². The van der Waals surface area contributed by atoms with Crippen LogP contribution in [-0.2, 0) is 4.74 Å². The van der Waals surface area contributed by atoms with E-state index >= 15 is 0 Å². The number of benzene rings is 1. The van der Waals surface area contributed by atoms with E-state index in [9.17, 15) is 9.90 Å². The molecule has 1 N–H and O–H groups in total. The zero-order valence-corrected chi connectivity index (χ0v) is 17.5. The first-order chi connectivity index (χ1) is 12.6. The SMILES string of the molecule is Cc1cc(-c2csc(C3CCN(C(=O)OC(C)(C)C)CC3)n2)cc(C)c1O. The zero-order valence-electron chi connectivity index (χ0n) is 16.7. The normalized spacial score (nSPS) is 15.8. The van der Waals surface area contributed by atoms with E-state index in [4.69, 9.17) is 9.72 Å². The van der Waals surface area contributed by atoms with Crippen molar-refractivity contribution < 1.29 is 14.6 Å². The molecule has 1 saturated heterocycles. The number of hydrogen-bond donors (Lipinski definition) is 1. The molecule has 1 aliphatic rings. The van der Waals surface area contributed by atoms with Gasteiger partial charge in [0.05, 0.1) is 10.7 Å². The summed E-state index contributed by atoms with van der Waals surface area (Å²) in [6, 6.07) is 3.96. The molecule has 2 heterocycles. The number of hydrogen-bond acceptors (Lipinski definition) is 5. The Bertz CT molecular complexity index is 807. The molecule has 2 aromatic rings. The number of nitrogens with zero attached hydrogens (tertiary/aromatic N) is 2. The quantitative estimate of drug-likeness (QED) is 0.763. The fourth-order valence-corrected chi connectivity index (χ4v) is 4.35. The number of phenols is 1. The number of aromatic nitrogens is 1. The fraction of sp³-hybridized carbons (Fsp3) is 0.524. The number of phenolic OH excluding ortho intramolecular Hbond substituents is 1. The van der Waals surface area contributed by atoms with Crippen molar-refractivity contribution in [2.75, 3.05) is 13.1 Å². The predicted molar refractivity (Wildman–Crippen MR) is 108 cm³/mol. The Balaban J connectivity index is 1.66. The molecule has 0 atom stereocenters. The summed E-state index contributed by atoms with van der Waals surface area (Å²) >= 11 is 1.68. The molecule has 0 aliphatic carbocycles. The fourth-order valence-electron chi connectivity index (χ4n) is 3.35. The number of thiazole rings is 1. The average Bonchev–Trinajstić information content (AvgIpc) is 3.08. The highest BCUT2D eigenvalue weighted by Gasteiger charge is 2.28. The van der Waals surface area contributed by atoms with Crippen molar-refractivity contribution in [2.45, 2.75) is 59.0 Å². The third kappa shape index (κ3) is 4.61. The Morgan fingerprint density at radius 3 is 2.37 bits per heavy atom. The third-order valence-electron chi connectivity index (χ3n) is 4.80. The topological polar surface area (TPSA) is 62.7 Å². The molecular formula is C21H28N2O3S. The minimum absolute atomic E-state index is 0.226. The van der Waals surface area contributed by atoms with E-state index in [-0.39, 0.29) is 6.09 Å². The van der Waals surface area contributed by atoms with Crippen LogP contribution in [-0.4, -0.2) is 39.8 Å². The van der Waals surface area contributed by atoms with Gasteiger partial charge in [-0.3, -0.25) is 0 Å². The van der Waals surface area contributed by atoms with Crippen LogP contribution in [0.4, 0.5) is 4.79 Å². The highest BCUT2D eigenvalue weighted by atomic mass is 32.1. The Hall–Kier alpha value is -2.08.